The molecule has 1 aromatic rings. The van der Waals surface area contributed by atoms with Gasteiger partial charge in [-0.1, -0.05) is 23.2 Å². The van der Waals surface area contributed by atoms with E-state index in [2.05, 4.69) is 0 Å². The number of nitrogens with zero attached hydrogens (tertiary/aromatic N) is 1. The second-order valence-electron chi connectivity index (χ2n) is 8.68. The zero-order valence-corrected chi connectivity index (χ0v) is 16.7. The minimum atomic E-state index is -0.333. The summed E-state index contributed by atoms with van der Waals surface area (Å²) in [5, 5.41) is 20.4. The molecule has 3 aliphatic rings. The van der Waals surface area contributed by atoms with Gasteiger partial charge in [-0.15, -0.1) is 0 Å². The van der Waals surface area contributed by atoms with Crippen LogP contribution < -0.4 is 5.73 Å². The highest BCUT2D eigenvalue weighted by atomic mass is 35.5. The molecule has 1 aliphatic heterocycles. The van der Waals surface area contributed by atoms with Gasteiger partial charge in [-0.25, -0.2) is 0 Å². The summed E-state index contributed by atoms with van der Waals surface area (Å²) in [4.78, 5) is 14.7. The summed E-state index contributed by atoms with van der Waals surface area (Å²) in [6.45, 7) is 1.40. The van der Waals surface area contributed by atoms with E-state index >= 15 is 0 Å². The summed E-state index contributed by atoms with van der Waals surface area (Å²) in [6.07, 6.45) is 5.04. The quantitative estimate of drug-likeness (QED) is 0.708. The van der Waals surface area contributed by atoms with Crippen LogP contribution in [-0.2, 0) is 4.79 Å². The van der Waals surface area contributed by atoms with Gasteiger partial charge in [0.05, 0.1) is 16.1 Å². The predicted octanol–water partition coefficient (Wildman–Crippen LogP) is 3.49. The average molecular weight is 413 g/mol. The van der Waals surface area contributed by atoms with Crippen LogP contribution in [-0.4, -0.2) is 40.2 Å². The van der Waals surface area contributed by atoms with E-state index in [4.69, 9.17) is 28.9 Å². The molecule has 0 unspecified atom stereocenters. The van der Waals surface area contributed by atoms with Crippen molar-refractivity contribution in [2.45, 2.75) is 50.7 Å². The molecule has 0 radical (unpaired) electrons. The number of aliphatic hydroxyl groups excluding tert-OH is 1. The first-order valence-electron chi connectivity index (χ1n) is 9.68. The standard InChI is InChI=1S/C20H26Cl2N2O3/c21-15-5-14(17(26)6-16(15)22)18(23)11-1-3-24(4-2-11)19(27)12-7-20(8-12)9-13(25)10-20/h5-6,11-13,18,25-26H,1-4,7-10,23H2/t12?,13?,18-,20?/m1/s1. The van der Waals surface area contributed by atoms with Gasteiger partial charge >= 0.3 is 0 Å². The number of carbonyl (C=O) groups excluding carboxylic acids is 1. The van der Waals surface area contributed by atoms with Crippen LogP contribution in [0, 0.1) is 17.3 Å². The summed E-state index contributed by atoms with van der Waals surface area (Å²) in [7, 11) is 0. The van der Waals surface area contributed by atoms with Crippen molar-refractivity contribution >= 4 is 29.1 Å². The number of benzene rings is 1. The largest absolute Gasteiger partial charge is 0.508 e. The zero-order valence-electron chi connectivity index (χ0n) is 15.2. The lowest BCUT2D eigenvalue weighted by Crippen LogP contribution is -2.55. The molecule has 5 nitrogen and oxygen atoms in total. The molecular weight excluding hydrogens is 387 g/mol. The Bertz CT molecular complexity index is 735. The van der Waals surface area contributed by atoms with E-state index in [0.717, 1.165) is 38.5 Å². The third-order valence-electron chi connectivity index (χ3n) is 6.83. The smallest absolute Gasteiger partial charge is 0.225 e. The monoisotopic (exact) mass is 412 g/mol. The molecular formula is C20H26Cl2N2O3. The maximum Gasteiger partial charge on any atom is 0.225 e. The molecule has 0 aromatic heterocycles. The Labute approximate surface area is 169 Å². The van der Waals surface area contributed by atoms with Gasteiger partial charge in [-0.3, -0.25) is 4.79 Å². The van der Waals surface area contributed by atoms with E-state index < -0.39 is 0 Å². The number of likely N-dealkylation sites (tertiary alicyclic amines) is 1. The SMILES string of the molecule is N[C@@H](c1cc(Cl)c(Cl)cc1O)C1CCN(C(=O)C2CC3(CC(O)C3)C2)CC1. The number of phenolic OH excluding ortho intramolecular Hbond substituents is 1. The number of piperidine rings is 1. The van der Waals surface area contributed by atoms with Gasteiger partial charge in [0, 0.05) is 36.7 Å². The van der Waals surface area contributed by atoms with Gasteiger partial charge in [0.25, 0.3) is 0 Å². The van der Waals surface area contributed by atoms with Crippen molar-refractivity contribution in [1.29, 1.82) is 0 Å². The van der Waals surface area contributed by atoms with Crippen LogP contribution in [0.3, 0.4) is 0 Å². The highest BCUT2D eigenvalue weighted by Crippen LogP contribution is 2.59. The van der Waals surface area contributed by atoms with Gasteiger partial charge in [-0.2, -0.15) is 0 Å². The van der Waals surface area contributed by atoms with Gasteiger partial charge in [0.2, 0.25) is 5.91 Å². The van der Waals surface area contributed by atoms with Crippen LogP contribution in [0.1, 0.15) is 50.1 Å². The Morgan fingerprint density at radius 2 is 1.74 bits per heavy atom. The van der Waals surface area contributed by atoms with Crippen molar-refractivity contribution < 1.29 is 15.0 Å². The lowest BCUT2D eigenvalue weighted by molar-refractivity contribution is -0.159. The fraction of sp³-hybridized carbons (Fsp3) is 0.650. The van der Waals surface area contributed by atoms with Gasteiger partial charge in [-0.05, 0) is 55.9 Å². The van der Waals surface area contributed by atoms with Crippen LogP contribution in [0.5, 0.6) is 5.75 Å². The van der Waals surface area contributed by atoms with E-state index in [1.165, 1.54) is 6.07 Å². The molecule has 3 fully saturated rings. The summed E-state index contributed by atoms with van der Waals surface area (Å²) >= 11 is 12.0. The number of carbonyl (C=O) groups is 1. The Morgan fingerprint density at radius 3 is 2.33 bits per heavy atom. The maximum atomic E-state index is 12.7. The average Bonchev–Trinajstić information content (AvgIpc) is 2.59. The number of amides is 1. The van der Waals surface area contributed by atoms with Crippen molar-refractivity contribution in [2.24, 2.45) is 23.0 Å². The number of hydrogen-bond donors (Lipinski definition) is 3. The van der Waals surface area contributed by atoms with E-state index in [9.17, 15) is 15.0 Å². The topological polar surface area (TPSA) is 86.8 Å². The number of aliphatic hydroxyl groups is 1. The summed E-state index contributed by atoms with van der Waals surface area (Å²) in [6, 6.07) is 2.74. The molecule has 1 heterocycles. The Hall–Kier alpha value is -1.01. The third kappa shape index (κ3) is 3.55. The van der Waals surface area contributed by atoms with E-state index in [1.807, 2.05) is 4.90 Å². The van der Waals surface area contributed by atoms with Crippen molar-refractivity contribution in [3.63, 3.8) is 0 Å². The Morgan fingerprint density at radius 1 is 1.15 bits per heavy atom. The van der Waals surface area contributed by atoms with E-state index in [-0.39, 0.29) is 41.1 Å². The molecule has 148 valence electrons. The van der Waals surface area contributed by atoms with Gasteiger partial charge < -0.3 is 20.8 Å². The van der Waals surface area contributed by atoms with Crippen LogP contribution >= 0.6 is 23.2 Å². The van der Waals surface area contributed by atoms with Crippen molar-refractivity contribution in [2.75, 3.05) is 13.1 Å². The first-order chi connectivity index (χ1) is 12.8. The fourth-order valence-electron chi connectivity index (χ4n) is 5.24. The number of nitrogens with two attached hydrogens (primary N) is 1. The molecule has 1 spiro atoms. The lowest BCUT2D eigenvalue weighted by atomic mass is 9.50. The van der Waals surface area contributed by atoms with Crippen molar-refractivity contribution in [3.05, 3.63) is 27.7 Å². The highest BCUT2D eigenvalue weighted by Gasteiger charge is 2.55. The normalized spacial score (nSPS) is 32.1. The Balaban J connectivity index is 1.31. The van der Waals surface area contributed by atoms with Crippen LogP contribution in [0.25, 0.3) is 0 Å². The lowest BCUT2D eigenvalue weighted by Gasteiger charge is -2.56. The van der Waals surface area contributed by atoms with Crippen LogP contribution in [0.4, 0.5) is 0 Å². The first-order valence-corrected chi connectivity index (χ1v) is 10.4. The first kappa shape index (κ1) is 19.3. The van der Waals surface area contributed by atoms with Crippen LogP contribution in [0.2, 0.25) is 10.0 Å². The molecule has 27 heavy (non-hydrogen) atoms. The number of phenols is 1. The summed E-state index contributed by atoms with van der Waals surface area (Å²) < 4.78 is 0. The van der Waals surface area contributed by atoms with Gasteiger partial charge in [0.15, 0.2) is 0 Å². The number of hydrogen-bond acceptors (Lipinski definition) is 4. The Kier molecular flexibility index (Phi) is 5.08. The maximum absolute atomic E-state index is 12.7. The second kappa shape index (κ2) is 7.11. The summed E-state index contributed by atoms with van der Waals surface area (Å²) in [5.41, 5.74) is 7.26. The van der Waals surface area contributed by atoms with E-state index in [1.54, 1.807) is 6.07 Å². The zero-order chi connectivity index (χ0) is 19.3. The molecule has 2 saturated carbocycles. The summed E-state index contributed by atoms with van der Waals surface area (Å²) in [5.74, 6) is 0.637. The number of halogens is 2. The molecule has 1 aromatic carbocycles. The third-order valence-corrected chi connectivity index (χ3v) is 7.56. The highest BCUT2D eigenvalue weighted by molar-refractivity contribution is 6.42. The van der Waals surface area contributed by atoms with Gasteiger partial charge in [0.1, 0.15) is 5.75 Å². The molecule has 7 heteroatoms. The number of rotatable bonds is 3. The predicted molar refractivity (Wildman–Crippen MR) is 105 cm³/mol. The molecule has 1 saturated heterocycles. The second-order valence-corrected chi connectivity index (χ2v) is 9.50. The van der Waals surface area contributed by atoms with E-state index in [0.29, 0.717) is 28.7 Å². The number of aromatic hydroxyl groups is 1. The minimum absolute atomic E-state index is 0.0675. The van der Waals surface area contributed by atoms with Crippen molar-refractivity contribution in [3.8, 4) is 5.75 Å². The molecule has 0 bridgehead atoms. The minimum Gasteiger partial charge on any atom is -0.508 e. The fourth-order valence-corrected chi connectivity index (χ4v) is 5.57. The molecule has 1 atom stereocenters. The van der Waals surface area contributed by atoms with Crippen molar-refractivity contribution in [1.82, 2.24) is 4.90 Å². The molecule has 4 rings (SSSR count). The molecule has 2 aliphatic carbocycles. The van der Waals surface area contributed by atoms with Crippen LogP contribution in [0.15, 0.2) is 12.1 Å². The molecule has 1 amide bonds. The molecule has 4 N–H and O–H groups in total.